The smallest absolute Gasteiger partial charge is 0.273 e. The summed E-state index contributed by atoms with van der Waals surface area (Å²) in [5.41, 5.74) is 3.16. The fraction of sp³-hybridized carbons (Fsp3) is 0.500. The molecular formula is C20H25N3O3. The quantitative estimate of drug-likeness (QED) is 0.892. The van der Waals surface area contributed by atoms with Crippen LogP contribution < -0.4 is 5.32 Å². The van der Waals surface area contributed by atoms with Crippen molar-refractivity contribution in [3.05, 3.63) is 52.9 Å². The minimum Gasteiger partial charge on any atom is -0.381 e. The highest BCUT2D eigenvalue weighted by molar-refractivity contribution is 5.92. The maximum absolute atomic E-state index is 12.3. The molecule has 0 saturated carbocycles. The fourth-order valence-corrected chi connectivity index (χ4v) is 3.68. The molecule has 0 unspecified atom stereocenters. The number of aromatic nitrogens is 1. The van der Waals surface area contributed by atoms with Crippen LogP contribution in [0.3, 0.4) is 0 Å². The van der Waals surface area contributed by atoms with Crippen LogP contribution in [0, 0.1) is 5.92 Å². The largest absolute Gasteiger partial charge is 0.381 e. The van der Waals surface area contributed by atoms with E-state index < -0.39 is 0 Å². The molecule has 0 radical (unpaired) electrons. The predicted octanol–water partition coefficient (Wildman–Crippen LogP) is 2.39. The number of amides is 1. The molecule has 1 fully saturated rings. The summed E-state index contributed by atoms with van der Waals surface area (Å²) >= 11 is 0. The average molecular weight is 355 g/mol. The Morgan fingerprint density at radius 2 is 2.04 bits per heavy atom. The Kier molecular flexibility index (Phi) is 5.32. The minimum atomic E-state index is -0.157. The lowest BCUT2D eigenvalue weighted by molar-refractivity contribution is 0.0641. The number of benzene rings is 1. The average Bonchev–Trinajstić information content (AvgIpc) is 3.15. The van der Waals surface area contributed by atoms with Gasteiger partial charge in [0, 0.05) is 38.9 Å². The summed E-state index contributed by atoms with van der Waals surface area (Å²) in [4.78, 5) is 14.6. The van der Waals surface area contributed by atoms with Gasteiger partial charge in [0.2, 0.25) is 0 Å². The van der Waals surface area contributed by atoms with Crippen molar-refractivity contribution < 1.29 is 14.1 Å². The molecule has 1 amide bonds. The van der Waals surface area contributed by atoms with E-state index >= 15 is 0 Å². The van der Waals surface area contributed by atoms with Crippen LogP contribution in [0.1, 0.15) is 40.2 Å². The van der Waals surface area contributed by atoms with Crippen molar-refractivity contribution in [1.82, 2.24) is 15.4 Å². The zero-order valence-corrected chi connectivity index (χ0v) is 14.9. The Hall–Kier alpha value is -2.18. The van der Waals surface area contributed by atoms with E-state index in [2.05, 4.69) is 39.6 Å². The summed E-state index contributed by atoms with van der Waals surface area (Å²) < 4.78 is 10.7. The van der Waals surface area contributed by atoms with Gasteiger partial charge in [-0.2, -0.15) is 0 Å². The van der Waals surface area contributed by atoms with E-state index in [-0.39, 0.29) is 5.91 Å². The molecule has 6 heteroatoms. The fourth-order valence-electron chi connectivity index (χ4n) is 3.68. The summed E-state index contributed by atoms with van der Waals surface area (Å²) in [7, 11) is 0. The van der Waals surface area contributed by atoms with Crippen molar-refractivity contribution >= 4 is 5.91 Å². The van der Waals surface area contributed by atoms with Crippen LogP contribution in [0.15, 0.2) is 34.9 Å². The topological polar surface area (TPSA) is 67.6 Å². The Morgan fingerprint density at radius 3 is 2.88 bits per heavy atom. The first-order chi connectivity index (χ1) is 12.8. The monoisotopic (exact) mass is 355 g/mol. The molecule has 2 aromatic rings. The normalized spacial score (nSPS) is 18.5. The highest BCUT2D eigenvalue weighted by Crippen LogP contribution is 2.20. The number of nitrogens with one attached hydrogen (secondary N) is 1. The molecule has 1 aromatic carbocycles. The highest BCUT2D eigenvalue weighted by atomic mass is 16.5. The van der Waals surface area contributed by atoms with Crippen LogP contribution in [-0.4, -0.2) is 42.3 Å². The Balaban J connectivity index is 1.29. The molecule has 0 spiro atoms. The Labute approximate surface area is 153 Å². The maximum Gasteiger partial charge on any atom is 0.273 e. The Bertz CT molecular complexity index is 752. The molecular weight excluding hydrogens is 330 g/mol. The Morgan fingerprint density at radius 1 is 1.23 bits per heavy atom. The number of carbonyl (C=O) groups excluding carboxylic acids is 1. The third-order valence-corrected chi connectivity index (χ3v) is 5.27. The zero-order valence-electron chi connectivity index (χ0n) is 14.9. The van der Waals surface area contributed by atoms with Gasteiger partial charge in [0.05, 0.1) is 6.54 Å². The van der Waals surface area contributed by atoms with Gasteiger partial charge in [0.25, 0.3) is 5.91 Å². The predicted molar refractivity (Wildman–Crippen MR) is 96.6 cm³/mol. The van der Waals surface area contributed by atoms with Crippen molar-refractivity contribution in [2.45, 2.75) is 32.4 Å². The molecule has 0 aliphatic carbocycles. The van der Waals surface area contributed by atoms with Gasteiger partial charge in [-0.1, -0.05) is 29.4 Å². The van der Waals surface area contributed by atoms with Crippen molar-refractivity contribution in [3.8, 4) is 0 Å². The van der Waals surface area contributed by atoms with Crippen LogP contribution >= 0.6 is 0 Å². The molecule has 0 atom stereocenters. The number of carbonyl (C=O) groups is 1. The third-order valence-electron chi connectivity index (χ3n) is 5.27. The highest BCUT2D eigenvalue weighted by Gasteiger charge is 2.20. The second-order valence-electron chi connectivity index (χ2n) is 7.17. The number of ether oxygens (including phenoxy) is 1. The first-order valence-electron chi connectivity index (χ1n) is 9.38. The molecule has 1 aromatic heterocycles. The van der Waals surface area contributed by atoms with Crippen LogP contribution in [0.2, 0.25) is 0 Å². The maximum atomic E-state index is 12.3. The number of hydrogen-bond acceptors (Lipinski definition) is 5. The van der Waals surface area contributed by atoms with E-state index in [9.17, 15) is 4.79 Å². The minimum absolute atomic E-state index is 0.157. The molecule has 138 valence electrons. The standard InChI is InChI=1S/C20H25N3O3/c24-20(21-12-15-6-9-25-10-7-15)19-11-18(26-22-19)14-23-8-5-16-3-1-2-4-17(16)13-23/h1-4,11,15H,5-10,12-14H2,(H,21,24). The second kappa shape index (κ2) is 8.01. The number of hydrogen-bond donors (Lipinski definition) is 1. The summed E-state index contributed by atoms with van der Waals surface area (Å²) in [5.74, 6) is 1.07. The van der Waals surface area contributed by atoms with E-state index in [1.165, 1.54) is 11.1 Å². The number of nitrogens with zero attached hydrogens (tertiary/aromatic N) is 2. The first kappa shape index (κ1) is 17.2. The van der Waals surface area contributed by atoms with Gasteiger partial charge in [-0.15, -0.1) is 0 Å². The molecule has 26 heavy (non-hydrogen) atoms. The van der Waals surface area contributed by atoms with Gasteiger partial charge in [0.1, 0.15) is 0 Å². The molecule has 2 aliphatic rings. The van der Waals surface area contributed by atoms with Gasteiger partial charge < -0.3 is 14.6 Å². The first-order valence-corrected chi connectivity index (χ1v) is 9.38. The van der Waals surface area contributed by atoms with Gasteiger partial charge in [0.15, 0.2) is 11.5 Å². The molecule has 6 nitrogen and oxygen atoms in total. The van der Waals surface area contributed by atoms with Crippen molar-refractivity contribution in [3.63, 3.8) is 0 Å². The van der Waals surface area contributed by atoms with Gasteiger partial charge in [-0.05, 0) is 36.3 Å². The van der Waals surface area contributed by atoms with Crippen LogP contribution in [0.25, 0.3) is 0 Å². The lowest BCUT2D eigenvalue weighted by Gasteiger charge is -2.27. The third kappa shape index (κ3) is 4.14. The van der Waals surface area contributed by atoms with Gasteiger partial charge >= 0.3 is 0 Å². The molecule has 1 saturated heterocycles. The SMILES string of the molecule is O=C(NCC1CCOCC1)c1cc(CN2CCc3ccccc3C2)on1. The summed E-state index contributed by atoms with van der Waals surface area (Å²) in [6.07, 6.45) is 3.05. The van der Waals surface area contributed by atoms with E-state index in [1.54, 1.807) is 6.07 Å². The van der Waals surface area contributed by atoms with Crippen molar-refractivity contribution in [1.29, 1.82) is 0 Å². The molecule has 3 heterocycles. The van der Waals surface area contributed by atoms with Crippen LogP contribution in [-0.2, 0) is 24.2 Å². The van der Waals surface area contributed by atoms with E-state index in [4.69, 9.17) is 9.26 Å². The summed E-state index contributed by atoms with van der Waals surface area (Å²) in [6.45, 7) is 4.81. The lowest BCUT2D eigenvalue weighted by Crippen LogP contribution is -2.32. The molecule has 1 N–H and O–H groups in total. The van der Waals surface area contributed by atoms with E-state index in [1.807, 2.05) is 0 Å². The van der Waals surface area contributed by atoms with Crippen molar-refractivity contribution in [2.24, 2.45) is 5.92 Å². The van der Waals surface area contributed by atoms with Crippen LogP contribution in [0.4, 0.5) is 0 Å². The summed E-state index contributed by atoms with van der Waals surface area (Å²) in [5, 5.41) is 6.92. The molecule has 0 bridgehead atoms. The number of fused-ring (bicyclic) bond motifs is 1. The number of rotatable bonds is 5. The van der Waals surface area contributed by atoms with Gasteiger partial charge in [-0.3, -0.25) is 9.69 Å². The second-order valence-corrected chi connectivity index (χ2v) is 7.17. The van der Waals surface area contributed by atoms with E-state index in [0.29, 0.717) is 24.7 Å². The van der Waals surface area contributed by atoms with E-state index in [0.717, 1.165) is 51.3 Å². The van der Waals surface area contributed by atoms with Crippen LogP contribution in [0.5, 0.6) is 0 Å². The lowest BCUT2D eigenvalue weighted by atomic mass is 10.00. The summed E-state index contributed by atoms with van der Waals surface area (Å²) in [6, 6.07) is 10.3. The molecule has 4 rings (SSSR count). The van der Waals surface area contributed by atoms with Crippen molar-refractivity contribution in [2.75, 3.05) is 26.3 Å². The molecule has 2 aliphatic heterocycles. The van der Waals surface area contributed by atoms with Gasteiger partial charge in [-0.25, -0.2) is 0 Å². The zero-order chi connectivity index (χ0) is 17.8.